The van der Waals surface area contributed by atoms with Gasteiger partial charge in [0.1, 0.15) is 0 Å². The molecule has 1 N–H and O–H groups in total. The van der Waals surface area contributed by atoms with Gasteiger partial charge in [-0.1, -0.05) is 43.7 Å². The predicted octanol–water partition coefficient (Wildman–Crippen LogP) is 3.15. The molecule has 0 fully saturated rings. The van der Waals surface area contributed by atoms with Crippen LogP contribution in [0.3, 0.4) is 0 Å². The quantitative estimate of drug-likeness (QED) is 0.861. The van der Waals surface area contributed by atoms with E-state index in [1.807, 2.05) is 24.8 Å². The minimum absolute atomic E-state index is 0.870. The largest absolute Gasteiger partial charge is 0.314 e. The molecule has 3 heteroatoms. The molecular weight excluding hydrogens is 234 g/mol. The summed E-state index contributed by atoms with van der Waals surface area (Å²) in [7, 11) is 4.02. The third kappa shape index (κ3) is 3.04. The van der Waals surface area contributed by atoms with Crippen molar-refractivity contribution in [1.29, 1.82) is 0 Å². The Kier molecular flexibility index (Phi) is 4.74. The van der Waals surface area contributed by atoms with Crippen LogP contribution in [0.1, 0.15) is 31.0 Å². The van der Waals surface area contributed by atoms with Crippen LogP contribution in [-0.2, 0) is 20.0 Å². The Bertz CT molecular complexity index is 514. The molecule has 0 aliphatic rings. The summed E-state index contributed by atoms with van der Waals surface area (Å²) in [6.45, 7) is 3.10. The van der Waals surface area contributed by atoms with Gasteiger partial charge in [0.15, 0.2) is 0 Å². The van der Waals surface area contributed by atoms with E-state index in [2.05, 4.69) is 36.5 Å². The van der Waals surface area contributed by atoms with Crippen LogP contribution in [0, 0.1) is 0 Å². The van der Waals surface area contributed by atoms with Crippen LogP contribution < -0.4 is 5.32 Å². The fraction of sp³-hybridized carbons (Fsp3) is 0.438. The molecule has 0 spiro atoms. The first-order valence-electron chi connectivity index (χ1n) is 7.02. The highest BCUT2D eigenvalue weighted by Crippen LogP contribution is 2.26. The van der Waals surface area contributed by atoms with Crippen LogP contribution in [0.5, 0.6) is 0 Å². The average Bonchev–Trinajstić information content (AvgIpc) is 2.75. The molecule has 0 saturated carbocycles. The second-order valence-corrected chi connectivity index (χ2v) is 4.90. The topological polar surface area (TPSA) is 29.9 Å². The molecule has 19 heavy (non-hydrogen) atoms. The molecule has 0 aliphatic carbocycles. The Labute approximate surface area is 115 Å². The van der Waals surface area contributed by atoms with E-state index in [1.165, 1.54) is 29.7 Å². The number of nitrogens with zero attached hydrogens (tertiary/aromatic N) is 2. The summed E-state index contributed by atoms with van der Waals surface area (Å²) in [5.41, 5.74) is 5.05. The maximum Gasteiger partial charge on any atom is 0.0958 e. The Morgan fingerprint density at radius 1 is 1.21 bits per heavy atom. The van der Waals surface area contributed by atoms with E-state index >= 15 is 0 Å². The molecule has 0 saturated heterocycles. The van der Waals surface area contributed by atoms with Crippen molar-refractivity contribution in [3.8, 4) is 11.3 Å². The lowest BCUT2D eigenvalue weighted by atomic mass is 10.0. The van der Waals surface area contributed by atoms with Gasteiger partial charge in [0, 0.05) is 24.7 Å². The van der Waals surface area contributed by atoms with Crippen LogP contribution in [-0.4, -0.2) is 16.8 Å². The summed E-state index contributed by atoms with van der Waals surface area (Å²) in [6, 6.07) is 10.5. The monoisotopic (exact) mass is 257 g/mol. The van der Waals surface area contributed by atoms with Gasteiger partial charge < -0.3 is 5.32 Å². The molecule has 1 aromatic carbocycles. The molecular formula is C16H23N3. The first-order valence-corrected chi connectivity index (χ1v) is 7.02. The normalized spacial score (nSPS) is 10.9. The highest BCUT2D eigenvalue weighted by molar-refractivity contribution is 5.64. The van der Waals surface area contributed by atoms with Crippen molar-refractivity contribution in [2.45, 2.75) is 32.7 Å². The SMILES string of the molecule is CCCCc1c(-c2ccccc2)nn(C)c1CNC. The third-order valence-corrected chi connectivity index (χ3v) is 3.45. The molecule has 1 aromatic heterocycles. The Hall–Kier alpha value is -1.61. The van der Waals surface area contributed by atoms with Crippen molar-refractivity contribution in [1.82, 2.24) is 15.1 Å². The van der Waals surface area contributed by atoms with E-state index in [0.29, 0.717) is 0 Å². The zero-order valence-electron chi connectivity index (χ0n) is 12.1. The van der Waals surface area contributed by atoms with Gasteiger partial charge in [-0.15, -0.1) is 0 Å². The van der Waals surface area contributed by atoms with Crippen molar-refractivity contribution >= 4 is 0 Å². The Morgan fingerprint density at radius 2 is 1.95 bits per heavy atom. The summed E-state index contributed by atoms with van der Waals surface area (Å²) in [4.78, 5) is 0. The first-order chi connectivity index (χ1) is 9.27. The number of aromatic nitrogens is 2. The maximum atomic E-state index is 4.73. The molecule has 2 aromatic rings. The zero-order chi connectivity index (χ0) is 13.7. The van der Waals surface area contributed by atoms with Crippen LogP contribution in [0.25, 0.3) is 11.3 Å². The zero-order valence-corrected chi connectivity index (χ0v) is 12.1. The molecule has 0 aliphatic heterocycles. The standard InChI is InChI=1S/C16H23N3/c1-4-5-11-14-15(12-17-2)19(3)18-16(14)13-9-7-6-8-10-13/h6-10,17H,4-5,11-12H2,1-3H3. The summed E-state index contributed by atoms with van der Waals surface area (Å²) in [5, 5.41) is 7.97. The number of hydrogen-bond acceptors (Lipinski definition) is 2. The predicted molar refractivity (Wildman–Crippen MR) is 80.0 cm³/mol. The molecule has 1 heterocycles. The van der Waals surface area contributed by atoms with Gasteiger partial charge >= 0.3 is 0 Å². The summed E-state index contributed by atoms with van der Waals surface area (Å²) in [6.07, 6.45) is 3.52. The second kappa shape index (κ2) is 6.53. The van der Waals surface area contributed by atoms with E-state index in [9.17, 15) is 0 Å². The number of unbranched alkanes of at least 4 members (excludes halogenated alkanes) is 1. The molecule has 0 unspecified atom stereocenters. The lowest BCUT2D eigenvalue weighted by Gasteiger charge is -2.06. The summed E-state index contributed by atoms with van der Waals surface area (Å²) >= 11 is 0. The smallest absolute Gasteiger partial charge is 0.0958 e. The van der Waals surface area contributed by atoms with E-state index in [1.54, 1.807) is 0 Å². The van der Waals surface area contributed by atoms with Crippen LogP contribution in [0.15, 0.2) is 30.3 Å². The Balaban J connectivity index is 2.44. The van der Waals surface area contributed by atoms with E-state index in [4.69, 9.17) is 5.10 Å². The molecule has 0 atom stereocenters. The number of hydrogen-bond donors (Lipinski definition) is 1. The van der Waals surface area contributed by atoms with E-state index in [-0.39, 0.29) is 0 Å². The number of benzene rings is 1. The highest BCUT2D eigenvalue weighted by atomic mass is 15.3. The number of nitrogens with one attached hydrogen (secondary N) is 1. The van der Waals surface area contributed by atoms with E-state index < -0.39 is 0 Å². The van der Waals surface area contributed by atoms with Crippen LogP contribution in [0.2, 0.25) is 0 Å². The van der Waals surface area contributed by atoms with Gasteiger partial charge in [-0.3, -0.25) is 4.68 Å². The fourth-order valence-corrected chi connectivity index (χ4v) is 2.44. The van der Waals surface area contributed by atoms with Gasteiger partial charge in [-0.2, -0.15) is 5.10 Å². The highest BCUT2D eigenvalue weighted by Gasteiger charge is 2.16. The number of aryl methyl sites for hydroxylation is 1. The van der Waals surface area contributed by atoms with Crippen molar-refractivity contribution in [3.05, 3.63) is 41.6 Å². The van der Waals surface area contributed by atoms with Gasteiger partial charge in [0.05, 0.1) is 11.4 Å². The molecule has 102 valence electrons. The molecule has 0 amide bonds. The van der Waals surface area contributed by atoms with Gasteiger partial charge in [0.2, 0.25) is 0 Å². The summed E-state index contributed by atoms with van der Waals surface area (Å²) < 4.78 is 2.02. The van der Waals surface area contributed by atoms with Gasteiger partial charge in [-0.25, -0.2) is 0 Å². The molecule has 0 radical (unpaired) electrons. The molecule has 3 nitrogen and oxygen atoms in total. The van der Waals surface area contributed by atoms with Crippen molar-refractivity contribution in [2.24, 2.45) is 7.05 Å². The minimum atomic E-state index is 0.870. The van der Waals surface area contributed by atoms with Crippen molar-refractivity contribution < 1.29 is 0 Å². The lowest BCUT2D eigenvalue weighted by Crippen LogP contribution is -2.11. The van der Waals surface area contributed by atoms with Crippen molar-refractivity contribution in [2.75, 3.05) is 7.05 Å². The number of rotatable bonds is 6. The average molecular weight is 257 g/mol. The summed E-state index contributed by atoms with van der Waals surface area (Å²) in [5.74, 6) is 0. The van der Waals surface area contributed by atoms with Crippen molar-refractivity contribution in [3.63, 3.8) is 0 Å². The fourth-order valence-electron chi connectivity index (χ4n) is 2.44. The lowest BCUT2D eigenvalue weighted by molar-refractivity contribution is 0.664. The third-order valence-electron chi connectivity index (χ3n) is 3.45. The first kappa shape index (κ1) is 13.8. The van der Waals surface area contributed by atoms with E-state index in [0.717, 1.165) is 18.7 Å². The minimum Gasteiger partial charge on any atom is -0.314 e. The van der Waals surface area contributed by atoms with Crippen LogP contribution >= 0.6 is 0 Å². The second-order valence-electron chi connectivity index (χ2n) is 4.90. The van der Waals surface area contributed by atoms with Crippen LogP contribution in [0.4, 0.5) is 0 Å². The van der Waals surface area contributed by atoms with Gasteiger partial charge in [-0.05, 0) is 19.9 Å². The maximum absolute atomic E-state index is 4.73. The Morgan fingerprint density at radius 3 is 2.58 bits per heavy atom. The molecule has 0 bridgehead atoms. The van der Waals surface area contributed by atoms with Gasteiger partial charge in [0.25, 0.3) is 0 Å². The molecule has 2 rings (SSSR count).